The molecule has 0 fully saturated rings. The molecule has 0 radical (unpaired) electrons. The Morgan fingerprint density at radius 3 is 2.94 bits per heavy atom. The minimum atomic E-state index is 0.512. The van der Waals surface area contributed by atoms with Crippen LogP contribution in [0.25, 0.3) is 5.65 Å². The number of nitrogens with zero attached hydrogens (tertiary/aromatic N) is 5. The summed E-state index contributed by atoms with van der Waals surface area (Å²) in [6.07, 6.45) is 4.27. The lowest BCUT2D eigenvalue weighted by molar-refractivity contribution is 0.817. The molecular formula is C11H16N6S. The van der Waals surface area contributed by atoms with E-state index in [1.807, 2.05) is 17.5 Å². The van der Waals surface area contributed by atoms with E-state index < -0.39 is 0 Å². The molecule has 0 spiro atoms. The van der Waals surface area contributed by atoms with Gasteiger partial charge < -0.3 is 10.6 Å². The lowest BCUT2D eigenvalue weighted by Gasteiger charge is -2.21. The average molecular weight is 264 g/mol. The van der Waals surface area contributed by atoms with Gasteiger partial charge in [0, 0.05) is 31.9 Å². The largest absolute Gasteiger partial charge is 0.393 e. The normalized spacial score (nSPS) is 10.8. The van der Waals surface area contributed by atoms with Gasteiger partial charge in [-0.25, -0.2) is 4.98 Å². The van der Waals surface area contributed by atoms with Crippen LogP contribution in [0.15, 0.2) is 12.4 Å². The molecule has 2 rings (SSSR count). The summed E-state index contributed by atoms with van der Waals surface area (Å²) >= 11 is 4.91. The van der Waals surface area contributed by atoms with E-state index in [4.69, 9.17) is 18.0 Å². The average Bonchev–Trinajstić information content (AvgIpc) is 2.73. The van der Waals surface area contributed by atoms with Crippen molar-refractivity contribution in [3.8, 4) is 0 Å². The molecule has 0 atom stereocenters. The van der Waals surface area contributed by atoms with Gasteiger partial charge in [0.25, 0.3) is 0 Å². The summed E-state index contributed by atoms with van der Waals surface area (Å²) in [5.74, 6) is 1.66. The van der Waals surface area contributed by atoms with Crippen molar-refractivity contribution in [2.45, 2.75) is 20.3 Å². The first-order chi connectivity index (χ1) is 8.63. The van der Waals surface area contributed by atoms with Crippen LogP contribution in [0.4, 0.5) is 5.82 Å². The Morgan fingerprint density at radius 2 is 2.28 bits per heavy atom. The van der Waals surface area contributed by atoms with Crippen LogP contribution in [0.2, 0.25) is 0 Å². The predicted molar refractivity (Wildman–Crippen MR) is 74.8 cm³/mol. The summed E-state index contributed by atoms with van der Waals surface area (Å²) in [6.45, 7) is 5.54. The van der Waals surface area contributed by atoms with Gasteiger partial charge in [-0.15, -0.1) is 10.2 Å². The quantitative estimate of drug-likeness (QED) is 0.810. The Labute approximate surface area is 111 Å². The molecule has 0 bridgehead atoms. The smallest absolute Gasteiger partial charge is 0.203 e. The highest BCUT2D eigenvalue weighted by Gasteiger charge is 2.13. The van der Waals surface area contributed by atoms with Crippen molar-refractivity contribution in [1.82, 2.24) is 19.6 Å². The SMILES string of the molecule is CCN(CCC(N)=S)c1nccn2c(C)nnc12. The van der Waals surface area contributed by atoms with Crippen LogP contribution >= 0.6 is 12.2 Å². The zero-order valence-corrected chi connectivity index (χ0v) is 11.3. The number of hydrogen-bond acceptors (Lipinski definition) is 5. The summed E-state index contributed by atoms with van der Waals surface area (Å²) in [7, 11) is 0. The second kappa shape index (κ2) is 5.26. The fourth-order valence-electron chi connectivity index (χ4n) is 1.81. The van der Waals surface area contributed by atoms with Gasteiger partial charge in [-0.3, -0.25) is 4.40 Å². The molecule has 2 heterocycles. The third kappa shape index (κ3) is 2.40. The van der Waals surface area contributed by atoms with Gasteiger partial charge >= 0.3 is 0 Å². The van der Waals surface area contributed by atoms with Crippen LogP contribution in [-0.2, 0) is 0 Å². The molecule has 2 aromatic heterocycles. The monoisotopic (exact) mass is 264 g/mol. The molecule has 6 nitrogen and oxygen atoms in total. The minimum absolute atomic E-state index is 0.512. The summed E-state index contributed by atoms with van der Waals surface area (Å²) < 4.78 is 1.92. The van der Waals surface area contributed by atoms with Crippen LogP contribution in [0.3, 0.4) is 0 Å². The zero-order valence-electron chi connectivity index (χ0n) is 10.5. The molecule has 2 aromatic rings. The van der Waals surface area contributed by atoms with E-state index in [1.54, 1.807) is 6.20 Å². The van der Waals surface area contributed by atoms with Crippen molar-refractivity contribution in [2.75, 3.05) is 18.0 Å². The molecule has 0 aliphatic heterocycles. The summed E-state index contributed by atoms with van der Waals surface area (Å²) in [6, 6.07) is 0. The number of nitrogens with two attached hydrogens (primary N) is 1. The maximum absolute atomic E-state index is 5.54. The topological polar surface area (TPSA) is 72.3 Å². The second-order valence-corrected chi connectivity index (χ2v) is 4.51. The Hall–Kier alpha value is -1.76. The number of aryl methyl sites for hydroxylation is 1. The van der Waals surface area contributed by atoms with E-state index >= 15 is 0 Å². The van der Waals surface area contributed by atoms with Gasteiger partial charge in [0.15, 0.2) is 5.82 Å². The van der Waals surface area contributed by atoms with Crippen LogP contribution in [0.5, 0.6) is 0 Å². The maximum Gasteiger partial charge on any atom is 0.203 e. The lowest BCUT2D eigenvalue weighted by Crippen LogP contribution is -2.28. The predicted octanol–water partition coefficient (Wildman–Crippen LogP) is 0.935. The molecule has 0 saturated heterocycles. The fourth-order valence-corrected chi connectivity index (χ4v) is 1.90. The molecule has 2 N–H and O–H groups in total. The lowest BCUT2D eigenvalue weighted by atomic mass is 10.3. The van der Waals surface area contributed by atoms with Gasteiger partial charge in [0.1, 0.15) is 5.82 Å². The third-order valence-corrected chi connectivity index (χ3v) is 2.99. The highest BCUT2D eigenvalue weighted by molar-refractivity contribution is 7.80. The van der Waals surface area contributed by atoms with Crippen LogP contribution in [0.1, 0.15) is 19.2 Å². The first-order valence-corrected chi connectivity index (χ1v) is 6.24. The first kappa shape index (κ1) is 12.7. The minimum Gasteiger partial charge on any atom is -0.393 e. The highest BCUT2D eigenvalue weighted by Crippen LogP contribution is 2.17. The van der Waals surface area contributed by atoms with Gasteiger partial charge in [0.2, 0.25) is 5.65 Å². The summed E-state index contributed by atoms with van der Waals surface area (Å²) in [4.78, 5) is 7.00. The van der Waals surface area contributed by atoms with E-state index in [9.17, 15) is 0 Å². The first-order valence-electron chi connectivity index (χ1n) is 5.83. The van der Waals surface area contributed by atoms with Gasteiger partial charge in [-0.2, -0.15) is 0 Å². The van der Waals surface area contributed by atoms with Crippen LogP contribution in [0, 0.1) is 6.92 Å². The highest BCUT2D eigenvalue weighted by atomic mass is 32.1. The molecule has 96 valence electrons. The summed E-state index contributed by atoms with van der Waals surface area (Å²) in [5, 5.41) is 8.22. The summed E-state index contributed by atoms with van der Waals surface area (Å²) in [5.41, 5.74) is 6.31. The Balaban J connectivity index is 2.35. The molecule has 0 saturated carbocycles. The van der Waals surface area contributed by atoms with Crippen molar-refractivity contribution in [3.63, 3.8) is 0 Å². The molecule has 0 aliphatic carbocycles. The number of fused-ring (bicyclic) bond motifs is 1. The van der Waals surface area contributed by atoms with E-state index in [1.165, 1.54) is 0 Å². The number of aromatic nitrogens is 4. The molecule has 18 heavy (non-hydrogen) atoms. The molecule has 0 aliphatic rings. The molecule has 0 amide bonds. The van der Waals surface area contributed by atoms with E-state index in [2.05, 4.69) is 27.0 Å². The van der Waals surface area contributed by atoms with E-state index in [0.717, 1.165) is 30.4 Å². The second-order valence-electron chi connectivity index (χ2n) is 3.99. The number of rotatable bonds is 5. The number of anilines is 1. The standard InChI is InChI=1S/C11H16N6S/c1-3-16(6-4-9(12)18)10-11-15-14-8(2)17(11)7-5-13-10/h5,7H,3-4,6H2,1-2H3,(H2,12,18). The van der Waals surface area contributed by atoms with Crippen molar-refractivity contribution in [1.29, 1.82) is 0 Å². The van der Waals surface area contributed by atoms with Crippen LogP contribution in [-0.4, -0.2) is 37.7 Å². The zero-order chi connectivity index (χ0) is 13.1. The third-order valence-electron chi connectivity index (χ3n) is 2.79. The Morgan fingerprint density at radius 1 is 1.50 bits per heavy atom. The van der Waals surface area contributed by atoms with Crippen molar-refractivity contribution < 1.29 is 0 Å². The molecule has 0 aromatic carbocycles. The molecule has 7 heteroatoms. The van der Waals surface area contributed by atoms with Crippen molar-refractivity contribution >= 4 is 28.7 Å². The number of thiocarbonyl (C=S) groups is 1. The Bertz CT molecular complexity index is 564. The fraction of sp³-hybridized carbons (Fsp3) is 0.455. The molecular weight excluding hydrogens is 248 g/mol. The molecule has 0 unspecified atom stereocenters. The van der Waals surface area contributed by atoms with Crippen molar-refractivity contribution in [2.24, 2.45) is 5.73 Å². The van der Waals surface area contributed by atoms with Gasteiger partial charge in [0.05, 0.1) is 4.99 Å². The Kier molecular flexibility index (Phi) is 3.71. The van der Waals surface area contributed by atoms with Gasteiger partial charge in [-0.05, 0) is 13.8 Å². The number of hydrogen-bond donors (Lipinski definition) is 1. The van der Waals surface area contributed by atoms with Crippen LogP contribution < -0.4 is 10.6 Å². The van der Waals surface area contributed by atoms with Crippen molar-refractivity contribution in [3.05, 3.63) is 18.2 Å². The maximum atomic E-state index is 5.54. The van der Waals surface area contributed by atoms with E-state index in [0.29, 0.717) is 11.4 Å². The van der Waals surface area contributed by atoms with Gasteiger partial charge in [-0.1, -0.05) is 12.2 Å². The van der Waals surface area contributed by atoms with E-state index in [-0.39, 0.29) is 0 Å².